The van der Waals surface area contributed by atoms with Crippen molar-refractivity contribution in [1.29, 1.82) is 0 Å². The van der Waals surface area contributed by atoms with Crippen molar-refractivity contribution in [3.8, 4) is 0 Å². The Balaban J connectivity index is 1.69. The number of benzene rings is 1. The minimum Gasteiger partial charge on any atom is -0.326 e. The molecule has 1 saturated heterocycles. The fraction of sp³-hybridized carbons (Fsp3) is 0.421. The first kappa shape index (κ1) is 19.1. The quantitative estimate of drug-likeness (QED) is 0.811. The van der Waals surface area contributed by atoms with E-state index < -0.39 is 10.0 Å². The highest BCUT2D eigenvalue weighted by atomic mass is 32.2. The molecule has 0 spiro atoms. The summed E-state index contributed by atoms with van der Waals surface area (Å²) < 4.78 is 27.5. The molecule has 0 aliphatic carbocycles. The Morgan fingerprint density at radius 3 is 2.65 bits per heavy atom. The fourth-order valence-electron chi connectivity index (χ4n) is 3.32. The molecule has 7 heteroatoms. The molecule has 2 heterocycles. The molecule has 26 heavy (non-hydrogen) atoms. The van der Waals surface area contributed by atoms with Crippen LogP contribution in [0.5, 0.6) is 0 Å². The van der Waals surface area contributed by atoms with Crippen LogP contribution in [0, 0.1) is 0 Å². The molecule has 1 aliphatic rings. The average molecular weight is 393 g/mol. The lowest BCUT2D eigenvalue weighted by Gasteiger charge is -2.34. The fourth-order valence-corrected chi connectivity index (χ4v) is 5.79. The number of carbonyl (C=O) groups is 1. The number of nitrogens with zero attached hydrogens (tertiary/aromatic N) is 1. The van der Waals surface area contributed by atoms with E-state index in [1.165, 1.54) is 0 Å². The van der Waals surface area contributed by atoms with Crippen molar-refractivity contribution >= 4 is 33.0 Å². The number of nitrogens with one attached hydrogen (secondary N) is 1. The van der Waals surface area contributed by atoms with Gasteiger partial charge in [-0.25, -0.2) is 8.42 Å². The molecule has 1 N–H and O–H groups in total. The monoisotopic (exact) mass is 392 g/mol. The van der Waals surface area contributed by atoms with Crippen LogP contribution in [0.2, 0.25) is 0 Å². The Bertz CT molecular complexity index is 830. The summed E-state index contributed by atoms with van der Waals surface area (Å²) in [6.45, 7) is 2.62. The SMILES string of the molecule is CCC1CCCCN1S(=O)(=O)c1ccc(NC(=O)Cc2cccs2)cc1. The van der Waals surface area contributed by atoms with E-state index in [9.17, 15) is 13.2 Å². The zero-order valence-corrected chi connectivity index (χ0v) is 16.5. The van der Waals surface area contributed by atoms with Crippen molar-refractivity contribution in [2.75, 3.05) is 11.9 Å². The Kier molecular flexibility index (Phi) is 6.11. The Morgan fingerprint density at radius 1 is 1.23 bits per heavy atom. The molecule has 5 nitrogen and oxygen atoms in total. The first-order valence-corrected chi connectivity index (χ1v) is 11.3. The maximum atomic E-state index is 12.9. The van der Waals surface area contributed by atoms with E-state index in [0.717, 1.165) is 30.6 Å². The van der Waals surface area contributed by atoms with Gasteiger partial charge < -0.3 is 5.32 Å². The number of hydrogen-bond donors (Lipinski definition) is 1. The third kappa shape index (κ3) is 4.34. The van der Waals surface area contributed by atoms with E-state index in [0.29, 0.717) is 18.7 Å². The van der Waals surface area contributed by atoms with Crippen molar-refractivity contribution in [3.63, 3.8) is 0 Å². The van der Waals surface area contributed by atoms with Gasteiger partial charge in [0.15, 0.2) is 0 Å². The van der Waals surface area contributed by atoms with Gasteiger partial charge in [0.1, 0.15) is 0 Å². The minimum absolute atomic E-state index is 0.0823. The molecular formula is C19H24N2O3S2. The van der Waals surface area contributed by atoms with Gasteiger partial charge in [0.2, 0.25) is 15.9 Å². The summed E-state index contributed by atoms with van der Waals surface area (Å²) in [5.41, 5.74) is 0.608. The molecule has 3 rings (SSSR count). The number of sulfonamides is 1. The van der Waals surface area contributed by atoms with Crippen molar-refractivity contribution in [3.05, 3.63) is 46.7 Å². The van der Waals surface area contributed by atoms with Crippen LogP contribution in [0.1, 0.15) is 37.5 Å². The summed E-state index contributed by atoms with van der Waals surface area (Å²) in [6.07, 6.45) is 4.07. The molecule has 140 valence electrons. The number of anilines is 1. The van der Waals surface area contributed by atoms with Crippen LogP contribution in [0.15, 0.2) is 46.7 Å². The third-order valence-corrected chi connectivity index (χ3v) is 7.55. The van der Waals surface area contributed by atoms with Gasteiger partial charge in [-0.15, -0.1) is 11.3 Å². The Morgan fingerprint density at radius 2 is 2.00 bits per heavy atom. The van der Waals surface area contributed by atoms with Crippen LogP contribution in [0.3, 0.4) is 0 Å². The summed E-state index contributed by atoms with van der Waals surface area (Å²) in [6, 6.07) is 10.4. The van der Waals surface area contributed by atoms with Crippen LogP contribution in [-0.2, 0) is 21.2 Å². The maximum Gasteiger partial charge on any atom is 0.243 e. The molecule has 0 bridgehead atoms. The zero-order valence-electron chi connectivity index (χ0n) is 14.8. The first-order valence-electron chi connectivity index (χ1n) is 8.95. The van der Waals surface area contributed by atoms with E-state index in [-0.39, 0.29) is 16.8 Å². The van der Waals surface area contributed by atoms with Crippen molar-refractivity contribution in [2.45, 2.75) is 50.0 Å². The largest absolute Gasteiger partial charge is 0.326 e. The lowest BCUT2D eigenvalue weighted by atomic mass is 10.0. The van der Waals surface area contributed by atoms with Crippen molar-refractivity contribution in [2.24, 2.45) is 0 Å². The number of rotatable bonds is 6. The number of hydrogen-bond acceptors (Lipinski definition) is 4. The van der Waals surface area contributed by atoms with Crippen LogP contribution >= 0.6 is 11.3 Å². The van der Waals surface area contributed by atoms with Crippen molar-refractivity contribution in [1.82, 2.24) is 4.31 Å². The van der Waals surface area contributed by atoms with Crippen molar-refractivity contribution < 1.29 is 13.2 Å². The summed E-state index contributed by atoms with van der Waals surface area (Å²) in [5.74, 6) is -0.106. The van der Waals surface area contributed by atoms with Gasteiger partial charge in [-0.1, -0.05) is 19.4 Å². The predicted molar refractivity (Wildman–Crippen MR) is 105 cm³/mol. The molecule has 1 aromatic carbocycles. The highest BCUT2D eigenvalue weighted by Crippen LogP contribution is 2.27. The summed E-state index contributed by atoms with van der Waals surface area (Å²) in [4.78, 5) is 13.3. The smallest absolute Gasteiger partial charge is 0.243 e. The van der Waals surface area contributed by atoms with Gasteiger partial charge in [-0.3, -0.25) is 4.79 Å². The maximum absolute atomic E-state index is 12.9. The molecule has 1 aromatic heterocycles. The van der Waals surface area contributed by atoms with E-state index in [1.54, 1.807) is 39.9 Å². The summed E-state index contributed by atoms with van der Waals surface area (Å²) in [7, 11) is -3.49. The molecule has 0 radical (unpaired) electrons. The Hall–Kier alpha value is -1.70. The number of piperidine rings is 1. The van der Waals surface area contributed by atoms with Gasteiger partial charge in [-0.05, 0) is 55.0 Å². The van der Waals surface area contributed by atoms with Gasteiger partial charge >= 0.3 is 0 Å². The third-order valence-electron chi connectivity index (χ3n) is 4.70. The first-order chi connectivity index (χ1) is 12.5. The predicted octanol–water partition coefficient (Wildman–Crippen LogP) is 3.88. The number of amides is 1. The molecule has 1 atom stereocenters. The standard InChI is InChI=1S/C19H24N2O3S2/c1-2-16-6-3-4-12-21(16)26(23,24)18-10-8-15(9-11-18)20-19(22)14-17-7-5-13-25-17/h5,7-11,13,16H,2-4,6,12,14H2,1H3,(H,20,22). The van der Waals surface area contributed by atoms with Gasteiger partial charge in [0, 0.05) is 23.2 Å². The van der Waals surface area contributed by atoms with Crippen LogP contribution in [0.25, 0.3) is 0 Å². The lowest BCUT2D eigenvalue weighted by Crippen LogP contribution is -2.43. The van der Waals surface area contributed by atoms with Gasteiger partial charge in [0.25, 0.3) is 0 Å². The van der Waals surface area contributed by atoms with E-state index in [1.807, 2.05) is 24.4 Å². The Labute approximate surface area is 159 Å². The van der Waals surface area contributed by atoms with E-state index in [4.69, 9.17) is 0 Å². The second-order valence-electron chi connectivity index (χ2n) is 6.50. The lowest BCUT2D eigenvalue weighted by molar-refractivity contribution is -0.115. The molecule has 0 saturated carbocycles. The van der Waals surface area contributed by atoms with E-state index >= 15 is 0 Å². The van der Waals surface area contributed by atoms with Crippen LogP contribution in [0.4, 0.5) is 5.69 Å². The molecule has 1 unspecified atom stereocenters. The molecule has 1 amide bonds. The summed E-state index contributed by atoms with van der Waals surface area (Å²) >= 11 is 1.54. The molecule has 1 aliphatic heterocycles. The zero-order chi connectivity index (χ0) is 18.6. The normalized spacial score (nSPS) is 18.6. The summed E-state index contributed by atoms with van der Waals surface area (Å²) in [5, 5.41) is 4.75. The van der Waals surface area contributed by atoms with Gasteiger partial charge in [-0.2, -0.15) is 4.31 Å². The number of carbonyl (C=O) groups excluding carboxylic acids is 1. The highest BCUT2D eigenvalue weighted by Gasteiger charge is 2.32. The van der Waals surface area contributed by atoms with Gasteiger partial charge in [0.05, 0.1) is 11.3 Å². The topological polar surface area (TPSA) is 66.5 Å². The molecule has 1 fully saturated rings. The number of thiophene rings is 1. The van der Waals surface area contributed by atoms with Crippen LogP contribution in [-0.4, -0.2) is 31.2 Å². The second-order valence-corrected chi connectivity index (χ2v) is 9.43. The molecular weight excluding hydrogens is 368 g/mol. The van der Waals surface area contributed by atoms with E-state index in [2.05, 4.69) is 5.32 Å². The highest BCUT2D eigenvalue weighted by molar-refractivity contribution is 7.89. The van der Waals surface area contributed by atoms with Crippen LogP contribution < -0.4 is 5.32 Å². The second kappa shape index (κ2) is 8.33. The molecule has 2 aromatic rings. The minimum atomic E-state index is -3.49. The average Bonchev–Trinajstić information content (AvgIpc) is 3.15.